The summed E-state index contributed by atoms with van der Waals surface area (Å²) >= 11 is 0. The van der Waals surface area contributed by atoms with Crippen molar-refractivity contribution < 1.29 is 20.4 Å². The Morgan fingerprint density at radius 1 is 1.10 bits per heavy atom. The molecule has 0 aliphatic heterocycles. The lowest BCUT2D eigenvalue weighted by molar-refractivity contribution is -0.00227. The van der Waals surface area contributed by atoms with Crippen LogP contribution in [0.3, 0.4) is 0 Å². The summed E-state index contributed by atoms with van der Waals surface area (Å²) in [6.07, 6.45) is -1.06. The van der Waals surface area contributed by atoms with Crippen molar-refractivity contribution in [1.29, 1.82) is 0 Å². The molecule has 0 saturated heterocycles. The van der Waals surface area contributed by atoms with Crippen LogP contribution in [0.4, 0.5) is 0 Å². The lowest BCUT2D eigenvalue weighted by Crippen LogP contribution is -2.40. The first-order valence-corrected chi connectivity index (χ1v) is 3.00. The number of nitrogens with one attached hydrogen (secondary N) is 1. The third kappa shape index (κ3) is 3.09. The zero-order valence-corrected chi connectivity index (χ0v) is 5.56. The minimum atomic E-state index is -1.06. The molecular weight excluding hydrogens is 138 g/mol. The van der Waals surface area contributed by atoms with Gasteiger partial charge in [0.1, 0.15) is 6.23 Å². The van der Waals surface area contributed by atoms with Crippen LogP contribution in [0.1, 0.15) is 0 Å². The molecule has 0 radical (unpaired) electrons. The molecule has 0 spiro atoms. The van der Waals surface area contributed by atoms with E-state index in [-0.39, 0.29) is 19.9 Å². The number of rotatable bonds is 5. The van der Waals surface area contributed by atoms with Crippen molar-refractivity contribution in [3.05, 3.63) is 0 Å². The molecule has 0 saturated carbocycles. The predicted octanol–water partition coefficient (Wildman–Crippen LogP) is -2.55. The van der Waals surface area contributed by atoms with Gasteiger partial charge >= 0.3 is 0 Å². The topological polar surface area (TPSA) is 93.0 Å². The van der Waals surface area contributed by atoms with Crippen LogP contribution in [-0.4, -0.2) is 46.6 Å². The Labute approximate surface area is 58.9 Å². The molecule has 0 aliphatic carbocycles. The van der Waals surface area contributed by atoms with E-state index in [1.807, 2.05) is 0 Å². The second kappa shape index (κ2) is 5.57. The molecule has 0 bridgehead atoms. The van der Waals surface area contributed by atoms with Gasteiger partial charge in [0, 0.05) is 5.92 Å². The van der Waals surface area contributed by atoms with Crippen LogP contribution < -0.4 is 5.32 Å². The van der Waals surface area contributed by atoms with E-state index in [1.165, 1.54) is 0 Å². The molecule has 0 amide bonds. The van der Waals surface area contributed by atoms with Crippen LogP contribution >= 0.6 is 0 Å². The van der Waals surface area contributed by atoms with Crippen LogP contribution in [0, 0.1) is 5.92 Å². The summed E-state index contributed by atoms with van der Waals surface area (Å²) in [7, 11) is 0. The summed E-state index contributed by atoms with van der Waals surface area (Å²) in [6, 6.07) is 0. The van der Waals surface area contributed by atoms with E-state index < -0.39 is 12.1 Å². The van der Waals surface area contributed by atoms with Crippen LogP contribution in [0.25, 0.3) is 0 Å². The molecule has 0 aromatic heterocycles. The van der Waals surface area contributed by atoms with Crippen molar-refractivity contribution in [2.75, 3.05) is 19.9 Å². The second-order valence-electron chi connectivity index (χ2n) is 1.93. The molecule has 62 valence electrons. The van der Waals surface area contributed by atoms with E-state index >= 15 is 0 Å². The number of aliphatic hydroxyl groups excluding tert-OH is 4. The maximum atomic E-state index is 8.92. The monoisotopic (exact) mass is 151 g/mol. The molecule has 5 heteroatoms. The van der Waals surface area contributed by atoms with Gasteiger partial charge < -0.3 is 20.4 Å². The second-order valence-corrected chi connectivity index (χ2v) is 1.93. The largest absolute Gasteiger partial charge is 0.396 e. The highest BCUT2D eigenvalue weighted by Crippen LogP contribution is 1.97. The van der Waals surface area contributed by atoms with Gasteiger partial charge in [-0.25, -0.2) is 0 Å². The number of aliphatic hydroxyl groups is 4. The van der Waals surface area contributed by atoms with Gasteiger partial charge in [-0.1, -0.05) is 0 Å². The minimum Gasteiger partial charge on any atom is -0.396 e. The van der Waals surface area contributed by atoms with Crippen LogP contribution in [0.5, 0.6) is 0 Å². The highest BCUT2D eigenvalue weighted by Gasteiger charge is 2.15. The summed E-state index contributed by atoms with van der Waals surface area (Å²) in [4.78, 5) is 0. The minimum absolute atomic E-state index is 0.315. The molecule has 0 fully saturated rings. The van der Waals surface area contributed by atoms with Crippen molar-refractivity contribution in [2.45, 2.75) is 6.23 Å². The fourth-order valence-electron chi connectivity index (χ4n) is 0.518. The Kier molecular flexibility index (Phi) is 5.46. The van der Waals surface area contributed by atoms with E-state index in [0.29, 0.717) is 0 Å². The van der Waals surface area contributed by atoms with Crippen LogP contribution in [0.15, 0.2) is 0 Å². The van der Waals surface area contributed by atoms with E-state index in [4.69, 9.17) is 20.4 Å². The summed E-state index contributed by atoms with van der Waals surface area (Å²) in [6.45, 7) is -1.01. The lowest BCUT2D eigenvalue weighted by atomic mass is 10.1. The smallest absolute Gasteiger partial charge is 0.113 e. The Morgan fingerprint density at radius 3 is 1.90 bits per heavy atom. The van der Waals surface area contributed by atoms with Crippen molar-refractivity contribution in [3.63, 3.8) is 0 Å². The summed E-state index contributed by atoms with van der Waals surface area (Å²) in [5.41, 5.74) is 0. The maximum Gasteiger partial charge on any atom is 0.113 e. The summed E-state index contributed by atoms with van der Waals surface area (Å²) < 4.78 is 0. The Bertz CT molecular complexity index is 76.0. The average Bonchev–Trinajstić information content (AvgIpc) is 1.91. The van der Waals surface area contributed by atoms with Gasteiger partial charge in [-0.15, -0.1) is 0 Å². The first-order valence-electron chi connectivity index (χ1n) is 3.00. The lowest BCUT2D eigenvalue weighted by Gasteiger charge is -2.18. The fraction of sp³-hybridized carbons (Fsp3) is 1.00. The molecule has 5 N–H and O–H groups in total. The molecule has 5 nitrogen and oxygen atoms in total. The zero-order valence-electron chi connectivity index (χ0n) is 5.56. The van der Waals surface area contributed by atoms with Crippen molar-refractivity contribution in [1.82, 2.24) is 5.32 Å². The third-order valence-corrected chi connectivity index (χ3v) is 1.22. The molecular formula is C5H13NO4. The van der Waals surface area contributed by atoms with Crippen LogP contribution in [0.2, 0.25) is 0 Å². The SMILES string of the molecule is OCNC(O)C(CO)CO. The first-order chi connectivity index (χ1) is 4.76. The predicted molar refractivity (Wildman–Crippen MR) is 33.9 cm³/mol. The normalized spacial score (nSPS) is 14.1. The molecule has 0 aromatic rings. The number of hydrogen-bond donors (Lipinski definition) is 5. The van der Waals surface area contributed by atoms with E-state index in [1.54, 1.807) is 0 Å². The molecule has 1 unspecified atom stereocenters. The Balaban J connectivity index is 3.53. The Hall–Kier alpha value is -0.200. The quantitative estimate of drug-likeness (QED) is 0.279. The van der Waals surface area contributed by atoms with Gasteiger partial charge in [-0.3, -0.25) is 5.32 Å². The Morgan fingerprint density at radius 2 is 1.60 bits per heavy atom. The van der Waals surface area contributed by atoms with Gasteiger partial charge in [0.25, 0.3) is 0 Å². The summed E-state index contributed by atoms with van der Waals surface area (Å²) in [5, 5.41) is 36.4. The zero-order chi connectivity index (χ0) is 7.98. The molecule has 10 heavy (non-hydrogen) atoms. The van der Waals surface area contributed by atoms with Crippen molar-refractivity contribution in [2.24, 2.45) is 5.92 Å². The van der Waals surface area contributed by atoms with Gasteiger partial charge in [-0.2, -0.15) is 0 Å². The molecule has 1 atom stereocenters. The highest BCUT2D eigenvalue weighted by atomic mass is 16.3. The fourth-order valence-corrected chi connectivity index (χ4v) is 0.518. The molecule has 0 rings (SSSR count). The maximum absolute atomic E-state index is 8.92. The van der Waals surface area contributed by atoms with E-state index in [2.05, 4.69) is 5.32 Å². The van der Waals surface area contributed by atoms with Gasteiger partial charge in [-0.05, 0) is 0 Å². The van der Waals surface area contributed by atoms with Crippen LogP contribution in [-0.2, 0) is 0 Å². The van der Waals surface area contributed by atoms with Gasteiger partial charge in [0.05, 0.1) is 19.9 Å². The van der Waals surface area contributed by atoms with E-state index in [0.717, 1.165) is 0 Å². The van der Waals surface area contributed by atoms with Gasteiger partial charge in [0.2, 0.25) is 0 Å². The third-order valence-electron chi connectivity index (χ3n) is 1.22. The highest BCUT2D eigenvalue weighted by molar-refractivity contribution is 4.62. The summed E-state index contributed by atoms with van der Waals surface area (Å²) in [5.74, 6) is -0.632. The number of hydrogen-bond acceptors (Lipinski definition) is 5. The molecule has 0 aromatic carbocycles. The first kappa shape index (κ1) is 9.80. The van der Waals surface area contributed by atoms with Gasteiger partial charge in [0.15, 0.2) is 0 Å². The molecule has 0 heterocycles. The standard InChI is InChI=1S/C5H13NO4/c7-1-4(2-8)5(10)6-3-9/h4-10H,1-3H2. The van der Waals surface area contributed by atoms with Crippen molar-refractivity contribution in [3.8, 4) is 0 Å². The average molecular weight is 151 g/mol. The van der Waals surface area contributed by atoms with Crippen molar-refractivity contribution >= 4 is 0 Å². The molecule has 0 aliphatic rings. The van der Waals surface area contributed by atoms with E-state index in [9.17, 15) is 0 Å².